The zero-order valence-corrected chi connectivity index (χ0v) is 12.5. The van der Waals surface area contributed by atoms with Gasteiger partial charge < -0.3 is 24.2 Å². The minimum atomic E-state index is -0.863. The molecule has 0 bridgehead atoms. The predicted octanol–water partition coefficient (Wildman–Crippen LogP) is 1.79. The van der Waals surface area contributed by atoms with E-state index in [-0.39, 0.29) is 12.5 Å². The van der Waals surface area contributed by atoms with E-state index >= 15 is 0 Å². The Morgan fingerprint density at radius 3 is 1.95 bits per heavy atom. The summed E-state index contributed by atoms with van der Waals surface area (Å²) in [7, 11) is 8.25. The van der Waals surface area contributed by atoms with Crippen LogP contribution in [0.3, 0.4) is 0 Å². The number of carboxylic acids is 1. The van der Waals surface area contributed by atoms with Crippen molar-refractivity contribution in [2.45, 2.75) is 12.5 Å². The summed E-state index contributed by atoms with van der Waals surface area (Å²) < 4.78 is 15.8. The first kappa shape index (κ1) is 16.1. The standard InChI is InChI=1S/C14H21NO5/c1-15(2)10(8-13(16)17)9-6-11(18-3)14(20-5)12(7-9)19-4/h6-7,10H,8H2,1-5H3,(H,16,17). The molecule has 20 heavy (non-hydrogen) atoms. The quantitative estimate of drug-likeness (QED) is 0.823. The summed E-state index contributed by atoms with van der Waals surface area (Å²) in [6.07, 6.45) is -0.00830. The van der Waals surface area contributed by atoms with Gasteiger partial charge in [0.1, 0.15) is 0 Å². The molecule has 0 saturated carbocycles. The van der Waals surface area contributed by atoms with E-state index in [1.54, 1.807) is 12.1 Å². The molecule has 0 heterocycles. The topological polar surface area (TPSA) is 68.2 Å². The van der Waals surface area contributed by atoms with Gasteiger partial charge in [0, 0.05) is 6.04 Å². The van der Waals surface area contributed by atoms with Gasteiger partial charge in [0.2, 0.25) is 5.75 Å². The number of nitrogens with zero attached hydrogens (tertiary/aromatic N) is 1. The molecule has 1 rings (SSSR count). The third kappa shape index (κ3) is 3.54. The maximum atomic E-state index is 11.0. The minimum absolute atomic E-state index is 0.00830. The van der Waals surface area contributed by atoms with Crippen LogP contribution in [-0.4, -0.2) is 51.4 Å². The second kappa shape index (κ2) is 7.00. The zero-order valence-electron chi connectivity index (χ0n) is 12.5. The summed E-state index contributed by atoms with van der Waals surface area (Å²) in [4.78, 5) is 12.8. The van der Waals surface area contributed by atoms with Gasteiger partial charge in [-0.25, -0.2) is 0 Å². The number of hydrogen-bond donors (Lipinski definition) is 1. The second-order valence-electron chi connectivity index (χ2n) is 4.54. The van der Waals surface area contributed by atoms with Gasteiger partial charge >= 0.3 is 5.97 Å². The molecule has 1 N–H and O–H groups in total. The normalized spacial score (nSPS) is 12.1. The Hall–Kier alpha value is -1.95. The molecule has 0 amide bonds. The number of aliphatic carboxylic acids is 1. The van der Waals surface area contributed by atoms with Gasteiger partial charge in [-0.15, -0.1) is 0 Å². The first-order valence-electron chi connectivity index (χ1n) is 6.12. The van der Waals surface area contributed by atoms with Crippen LogP contribution in [0.5, 0.6) is 17.2 Å². The first-order valence-corrected chi connectivity index (χ1v) is 6.12. The Kier molecular flexibility index (Phi) is 5.64. The molecule has 6 heteroatoms. The Morgan fingerprint density at radius 2 is 1.65 bits per heavy atom. The number of carbonyl (C=O) groups is 1. The third-order valence-corrected chi connectivity index (χ3v) is 3.06. The summed E-state index contributed by atoms with van der Waals surface area (Å²) in [5.74, 6) is 0.655. The van der Waals surface area contributed by atoms with Gasteiger partial charge in [0.05, 0.1) is 27.8 Å². The summed E-state index contributed by atoms with van der Waals surface area (Å²) in [5.41, 5.74) is 0.798. The van der Waals surface area contributed by atoms with Crippen molar-refractivity contribution in [1.29, 1.82) is 0 Å². The van der Waals surface area contributed by atoms with Crippen molar-refractivity contribution in [2.75, 3.05) is 35.4 Å². The average molecular weight is 283 g/mol. The molecule has 1 atom stereocenters. The number of rotatable bonds is 7. The van der Waals surface area contributed by atoms with Gasteiger partial charge in [-0.1, -0.05) is 0 Å². The molecule has 1 aromatic carbocycles. The van der Waals surface area contributed by atoms with Crippen LogP contribution in [0.15, 0.2) is 12.1 Å². The summed E-state index contributed by atoms with van der Waals surface area (Å²) in [6, 6.07) is 3.27. The van der Waals surface area contributed by atoms with Crippen LogP contribution in [0.25, 0.3) is 0 Å². The molecule has 0 radical (unpaired) electrons. The van der Waals surface area contributed by atoms with Gasteiger partial charge in [-0.05, 0) is 31.8 Å². The number of benzene rings is 1. The average Bonchev–Trinajstić information content (AvgIpc) is 2.42. The number of hydrogen-bond acceptors (Lipinski definition) is 5. The minimum Gasteiger partial charge on any atom is -0.493 e. The Morgan fingerprint density at radius 1 is 1.15 bits per heavy atom. The van der Waals surface area contributed by atoms with E-state index in [9.17, 15) is 4.79 Å². The Bertz CT molecular complexity index is 448. The fourth-order valence-electron chi connectivity index (χ4n) is 2.06. The zero-order chi connectivity index (χ0) is 15.3. The van der Waals surface area contributed by atoms with E-state index in [1.165, 1.54) is 21.3 Å². The van der Waals surface area contributed by atoms with Crippen LogP contribution in [0.2, 0.25) is 0 Å². The molecule has 1 aromatic rings. The number of methoxy groups -OCH3 is 3. The largest absolute Gasteiger partial charge is 0.493 e. The molecule has 0 aliphatic rings. The molecule has 0 spiro atoms. The van der Waals surface area contributed by atoms with E-state index < -0.39 is 5.97 Å². The van der Waals surface area contributed by atoms with E-state index in [2.05, 4.69) is 0 Å². The lowest BCUT2D eigenvalue weighted by Crippen LogP contribution is -2.23. The van der Waals surface area contributed by atoms with Crippen molar-refractivity contribution >= 4 is 5.97 Å². The lowest BCUT2D eigenvalue weighted by molar-refractivity contribution is -0.138. The maximum Gasteiger partial charge on any atom is 0.305 e. The molecule has 1 unspecified atom stereocenters. The van der Waals surface area contributed by atoms with E-state index in [4.69, 9.17) is 19.3 Å². The van der Waals surface area contributed by atoms with Crippen molar-refractivity contribution in [3.05, 3.63) is 17.7 Å². The number of carboxylic acid groups (broad SMARTS) is 1. The van der Waals surface area contributed by atoms with Crippen molar-refractivity contribution in [1.82, 2.24) is 4.90 Å². The molecule has 0 aromatic heterocycles. The highest BCUT2D eigenvalue weighted by Crippen LogP contribution is 2.40. The second-order valence-corrected chi connectivity index (χ2v) is 4.54. The Labute approximate surface area is 118 Å². The number of ether oxygens (including phenoxy) is 3. The molecule has 0 aliphatic carbocycles. The molecule has 0 saturated heterocycles. The van der Waals surface area contributed by atoms with Crippen molar-refractivity contribution in [3.8, 4) is 17.2 Å². The molecular weight excluding hydrogens is 262 g/mol. The third-order valence-electron chi connectivity index (χ3n) is 3.06. The molecular formula is C14H21NO5. The highest BCUT2D eigenvalue weighted by Gasteiger charge is 2.22. The summed E-state index contributed by atoms with van der Waals surface area (Å²) in [6.45, 7) is 0. The molecule has 6 nitrogen and oxygen atoms in total. The monoisotopic (exact) mass is 283 g/mol. The van der Waals surface area contributed by atoms with Crippen molar-refractivity contribution in [2.24, 2.45) is 0 Å². The van der Waals surface area contributed by atoms with Gasteiger partial charge in [0.25, 0.3) is 0 Å². The van der Waals surface area contributed by atoms with Crippen LogP contribution in [0.4, 0.5) is 0 Å². The van der Waals surface area contributed by atoms with Crippen LogP contribution < -0.4 is 14.2 Å². The fourth-order valence-corrected chi connectivity index (χ4v) is 2.06. The summed E-state index contributed by atoms with van der Waals surface area (Å²) >= 11 is 0. The summed E-state index contributed by atoms with van der Waals surface area (Å²) in [5, 5.41) is 9.03. The van der Waals surface area contributed by atoms with Crippen LogP contribution in [0, 0.1) is 0 Å². The fraction of sp³-hybridized carbons (Fsp3) is 0.500. The predicted molar refractivity (Wildman–Crippen MR) is 74.8 cm³/mol. The molecule has 0 fully saturated rings. The lowest BCUT2D eigenvalue weighted by Gasteiger charge is -2.24. The maximum absolute atomic E-state index is 11.0. The first-order chi connectivity index (χ1) is 9.44. The van der Waals surface area contributed by atoms with Crippen LogP contribution in [-0.2, 0) is 4.79 Å². The van der Waals surface area contributed by atoms with E-state index in [1.807, 2.05) is 19.0 Å². The molecule has 0 aliphatic heterocycles. The van der Waals surface area contributed by atoms with E-state index in [0.717, 1.165) is 5.56 Å². The van der Waals surface area contributed by atoms with Gasteiger partial charge in [-0.3, -0.25) is 4.79 Å². The van der Waals surface area contributed by atoms with Crippen molar-refractivity contribution < 1.29 is 24.1 Å². The molecule has 112 valence electrons. The van der Waals surface area contributed by atoms with Crippen LogP contribution >= 0.6 is 0 Å². The van der Waals surface area contributed by atoms with E-state index in [0.29, 0.717) is 17.2 Å². The SMILES string of the molecule is COc1cc(C(CC(=O)O)N(C)C)cc(OC)c1OC. The lowest BCUT2D eigenvalue weighted by atomic mass is 10.0. The Balaban J connectivity index is 3.31. The van der Waals surface area contributed by atoms with Crippen molar-refractivity contribution in [3.63, 3.8) is 0 Å². The highest BCUT2D eigenvalue weighted by molar-refractivity contribution is 5.68. The van der Waals surface area contributed by atoms with Gasteiger partial charge in [0.15, 0.2) is 11.5 Å². The smallest absolute Gasteiger partial charge is 0.305 e. The van der Waals surface area contributed by atoms with Crippen LogP contribution in [0.1, 0.15) is 18.0 Å². The highest BCUT2D eigenvalue weighted by atomic mass is 16.5. The van der Waals surface area contributed by atoms with Gasteiger partial charge in [-0.2, -0.15) is 0 Å².